The highest BCUT2D eigenvalue weighted by molar-refractivity contribution is 7.91. The van der Waals surface area contributed by atoms with Gasteiger partial charge in [0.2, 0.25) is 5.89 Å². The maximum atomic E-state index is 12.3. The molecule has 1 N–H and O–H groups in total. The molecule has 152 valence electrons. The third kappa shape index (κ3) is 5.00. The van der Waals surface area contributed by atoms with Crippen molar-refractivity contribution in [2.24, 2.45) is 0 Å². The van der Waals surface area contributed by atoms with Crippen LogP contribution >= 0.6 is 0 Å². The minimum Gasteiger partial charge on any atom is -0.491 e. The smallest absolute Gasteiger partial charge is 0.322 e. The molecule has 0 fully saturated rings. The van der Waals surface area contributed by atoms with E-state index in [0.29, 0.717) is 16.9 Å². The van der Waals surface area contributed by atoms with Crippen molar-refractivity contribution >= 4 is 21.8 Å². The third-order valence-corrected chi connectivity index (χ3v) is 5.72. The number of nitrogens with zero attached hydrogens (tertiary/aromatic N) is 2. The number of hydrogen-bond acceptors (Lipinski definition) is 7. The molecule has 0 unspecified atom stereocenters. The van der Waals surface area contributed by atoms with Crippen LogP contribution < -0.4 is 10.1 Å². The molecule has 2 aromatic carbocycles. The van der Waals surface area contributed by atoms with Crippen molar-refractivity contribution in [3.63, 3.8) is 0 Å². The second-order valence-electron chi connectivity index (χ2n) is 6.49. The maximum Gasteiger partial charge on any atom is 0.322 e. The van der Waals surface area contributed by atoms with E-state index in [9.17, 15) is 13.2 Å². The Labute approximate surface area is 168 Å². The summed E-state index contributed by atoms with van der Waals surface area (Å²) in [5.41, 5.74) is 0.957. The summed E-state index contributed by atoms with van der Waals surface area (Å²) in [6.07, 6.45) is 0.0441. The molecule has 0 bridgehead atoms. The third-order valence-electron chi connectivity index (χ3n) is 3.97. The molecule has 0 atom stereocenters. The predicted octanol–water partition coefficient (Wildman–Crippen LogP) is 3.57. The Hall–Kier alpha value is -3.20. The van der Waals surface area contributed by atoms with Crippen molar-refractivity contribution in [1.29, 1.82) is 0 Å². The van der Waals surface area contributed by atoms with E-state index < -0.39 is 15.7 Å². The van der Waals surface area contributed by atoms with Crippen LogP contribution in [0.4, 0.5) is 6.01 Å². The first-order chi connectivity index (χ1) is 13.8. The highest BCUT2D eigenvalue weighted by Crippen LogP contribution is 2.22. The van der Waals surface area contributed by atoms with E-state index in [1.54, 1.807) is 43.3 Å². The number of aromatic nitrogens is 2. The van der Waals surface area contributed by atoms with Crippen LogP contribution in [0, 0.1) is 0 Å². The van der Waals surface area contributed by atoms with Crippen LogP contribution in [0.3, 0.4) is 0 Å². The highest BCUT2D eigenvalue weighted by Gasteiger charge is 2.15. The van der Waals surface area contributed by atoms with Gasteiger partial charge in [0.25, 0.3) is 5.91 Å². The standard InChI is InChI=1S/C20H21N3O5S/c1-4-29(25,26)17-11-7-15(8-12-17)19-22-23-20(28-19)21-18(24)14-5-9-16(10-6-14)27-13(2)3/h5-13H,4H2,1-3H3,(H,21,23,24). The van der Waals surface area contributed by atoms with Crippen LogP contribution in [0.15, 0.2) is 57.8 Å². The van der Waals surface area contributed by atoms with Gasteiger partial charge in [-0.2, -0.15) is 0 Å². The van der Waals surface area contributed by atoms with Crippen molar-refractivity contribution in [2.75, 3.05) is 11.1 Å². The summed E-state index contributed by atoms with van der Waals surface area (Å²) in [6.45, 7) is 5.43. The Balaban J connectivity index is 1.69. The Morgan fingerprint density at radius 3 is 2.31 bits per heavy atom. The number of carbonyl (C=O) groups is 1. The van der Waals surface area contributed by atoms with E-state index in [4.69, 9.17) is 9.15 Å². The lowest BCUT2D eigenvalue weighted by atomic mass is 10.2. The van der Waals surface area contributed by atoms with Crippen molar-refractivity contribution in [3.8, 4) is 17.2 Å². The van der Waals surface area contributed by atoms with E-state index in [2.05, 4.69) is 15.5 Å². The number of carbonyl (C=O) groups excluding carboxylic acids is 1. The second-order valence-corrected chi connectivity index (χ2v) is 8.76. The molecule has 1 heterocycles. The molecule has 0 spiro atoms. The number of rotatable bonds is 7. The summed E-state index contributed by atoms with van der Waals surface area (Å²) in [4.78, 5) is 12.6. The molecule has 1 amide bonds. The topological polar surface area (TPSA) is 111 Å². The molecular formula is C20H21N3O5S. The molecular weight excluding hydrogens is 394 g/mol. The highest BCUT2D eigenvalue weighted by atomic mass is 32.2. The van der Waals surface area contributed by atoms with E-state index in [1.807, 2.05) is 13.8 Å². The van der Waals surface area contributed by atoms with Gasteiger partial charge in [-0.1, -0.05) is 12.0 Å². The molecule has 0 saturated heterocycles. The molecule has 0 aliphatic carbocycles. The van der Waals surface area contributed by atoms with Crippen LogP contribution in [0.2, 0.25) is 0 Å². The molecule has 0 radical (unpaired) electrons. The number of hydrogen-bond donors (Lipinski definition) is 1. The second kappa shape index (κ2) is 8.44. The molecule has 8 nitrogen and oxygen atoms in total. The molecule has 3 aromatic rings. The molecule has 0 aliphatic heterocycles. The van der Waals surface area contributed by atoms with Gasteiger partial charge in [0.15, 0.2) is 9.84 Å². The fourth-order valence-corrected chi connectivity index (χ4v) is 3.37. The maximum absolute atomic E-state index is 12.3. The van der Waals surface area contributed by atoms with Gasteiger partial charge >= 0.3 is 6.01 Å². The zero-order chi connectivity index (χ0) is 21.0. The average molecular weight is 415 g/mol. The molecule has 0 saturated carbocycles. The van der Waals surface area contributed by atoms with E-state index in [0.717, 1.165) is 0 Å². The van der Waals surface area contributed by atoms with Gasteiger partial charge in [-0.05, 0) is 62.4 Å². The molecule has 0 aliphatic rings. The summed E-state index contributed by atoms with van der Waals surface area (Å²) in [7, 11) is -3.28. The van der Waals surface area contributed by atoms with Gasteiger partial charge in [-0.15, -0.1) is 5.10 Å². The Bertz CT molecular complexity index is 1090. The van der Waals surface area contributed by atoms with Crippen molar-refractivity contribution in [3.05, 3.63) is 54.1 Å². The Morgan fingerprint density at radius 2 is 1.72 bits per heavy atom. The van der Waals surface area contributed by atoms with Crippen LogP contribution in [-0.4, -0.2) is 36.4 Å². The lowest BCUT2D eigenvalue weighted by Crippen LogP contribution is -2.12. The monoisotopic (exact) mass is 415 g/mol. The van der Waals surface area contributed by atoms with Crippen LogP contribution in [0.5, 0.6) is 5.75 Å². The zero-order valence-electron chi connectivity index (χ0n) is 16.2. The Morgan fingerprint density at radius 1 is 1.07 bits per heavy atom. The van der Waals surface area contributed by atoms with Gasteiger partial charge in [0, 0.05) is 11.1 Å². The van der Waals surface area contributed by atoms with E-state index in [-0.39, 0.29) is 28.7 Å². The van der Waals surface area contributed by atoms with Crippen LogP contribution in [0.25, 0.3) is 11.5 Å². The lowest BCUT2D eigenvalue weighted by molar-refractivity contribution is 0.102. The normalized spacial score (nSPS) is 11.4. The van der Waals surface area contributed by atoms with Gasteiger partial charge in [-0.25, -0.2) is 8.42 Å². The first kappa shape index (κ1) is 20.5. The van der Waals surface area contributed by atoms with Crippen molar-refractivity contribution < 1.29 is 22.4 Å². The molecule has 1 aromatic heterocycles. The fourth-order valence-electron chi connectivity index (χ4n) is 2.49. The van der Waals surface area contributed by atoms with E-state index in [1.165, 1.54) is 12.1 Å². The first-order valence-electron chi connectivity index (χ1n) is 9.03. The van der Waals surface area contributed by atoms with Gasteiger partial charge < -0.3 is 9.15 Å². The Kier molecular flexibility index (Phi) is 5.97. The number of anilines is 1. The predicted molar refractivity (Wildman–Crippen MR) is 108 cm³/mol. The number of benzene rings is 2. The summed E-state index contributed by atoms with van der Waals surface area (Å²) >= 11 is 0. The number of sulfone groups is 1. The number of amides is 1. The quantitative estimate of drug-likeness (QED) is 0.628. The van der Waals surface area contributed by atoms with Crippen molar-refractivity contribution in [2.45, 2.75) is 31.8 Å². The lowest BCUT2D eigenvalue weighted by Gasteiger charge is -2.09. The first-order valence-corrected chi connectivity index (χ1v) is 10.7. The van der Waals surface area contributed by atoms with Crippen LogP contribution in [0.1, 0.15) is 31.1 Å². The summed E-state index contributed by atoms with van der Waals surface area (Å²) in [6, 6.07) is 12.8. The number of ether oxygens (including phenoxy) is 1. The fraction of sp³-hybridized carbons (Fsp3) is 0.250. The number of nitrogens with one attached hydrogen (secondary N) is 1. The minimum atomic E-state index is -3.28. The van der Waals surface area contributed by atoms with Crippen LogP contribution in [-0.2, 0) is 9.84 Å². The average Bonchev–Trinajstić information content (AvgIpc) is 3.16. The van der Waals surface area contributed by atoms with Gasteiger partial charge in [0.05, 0.1) is 16.8 Å². The summed E-state index contributed by atoms with van der Waals surface area (Å²) in [5, 5.41) is 10.2. The summed E-state index contributed by atoms with van der Waals surface area (Å²) in [5.74, 6) is 0.459. The molecule has 9 heteroatoms. The SMILES string of the molecule is CCS(=O)(=O)c1ccc(-c2nnc(NC(=O)c3ccc(OC(C)C)cc3)o2)cc1. The van der Waals surface area contributed by atoms with E-state index >= 15 is 0 Å². The summed E-state index contributed by atoms with van der Waals surface area (Å²) < 4.78 is 34.8. The molecule has 3 rings (SSSR count). The minimum absolute atomic E-state index is 0.0215. The largest absolute Gasteiger partial charge is 0.491 e. The van der Waals surface area contributed by atoms with Gasteiger partial charge in [-0.3, -0.25) is 10.1 Å². The zero-order valence-corrected chi connectivity index (χ0v) is 17.1. The van der Waals surface area contributed by atoms with Gasteiger partial charge in [0.1, 0.15) is 5.75 Å². The molecule has 29 heavy (non-hydrogen) atoms. The van der Waals surface area contributed by atoms with Crippen molar-refractivity contribution in [1.82, 2.24) is 10.2 Å².